The highest BCUT2D eigenvalue weighted by atomic mass is 16.6. The molecule has 4 heteroatoms. The summed E-state index contributed by atoms with van der Waals surface area (Å²) in [5, 5.41) is 19.8. The molecule has 0 aliphatic rings. The van der Waals surface area contributed by atoms with Gasteiger partial charge in [-0.1, -0.05) is 36.4 Å². The van der Waals surface area contributed by atoms with Crippen LogP contribution in [0.25, 0.3) is 12.2 Å². The maximum absolute atomic E-state index is 10.6. The van der Waals surface area contributed by atoms with E-state index in [1.807, 2.05) is 6.08 Å². The number of aromatic hydroxyl groups is 1. The molecule has 0 aliphatic heterocycles. The average molecular weight is 241 g/mol. The van der Waals surface area contributed by atoms with Crippen molar-refractivity contribution in [3.05, 3.63) is 69.8 Å². The van der Waals surface area contributed by atoms with Crippen LogP contribution in [-0.4, -0.2) is 10.0 Å². The minimum absolute atomic E-state index is 0.0721. The van der Waals surface area contributed by atoms with Crippen LogP contribution < -0.4 is 0 Å². The molecule has 4 nitrogen and oxygen atoms in total. The first-order chi connectivity index (χ1) is 8.65. The van der Waals surface area contributed by atoms with Gasteiger partial charge in [0.05, 0.1) is 4.92 Å². The maximum Gasteiger partial charge on any atom is 0.270 e. The third-order valence-corrected chi connectivity index (χ3v) is 2.44. The van der Waals surface area contributed by atoms with Crippen molar-refractivity contribution in [2.24, 2.45) is 0 Å². The van der Waals surface area contributed by atoms with Gasteiger partial charge in [-0.15, -0.1) is 0 Å². The number of phenolic OH excluding ortho intramolecular Hbond substituents is 1. The zero-order chi connectivity index (χ0) is 13.0. The van der Waals surface area contributed by atoms with Gasteiger partial charge in [0, 0.05) is 12.1 Å². The lowest BCUT2D eigenvalue weighted by Gasteiger charge is -1.96. The molecule has 0 saturated heterocycles. The number of nitro groups is 1. The molecule has 2 aromatic carbocycles. The smallest absolute Gasteiger partial charge is 0.270 e. The third kappa shape index (κ3) is 2.95. The normalized spacial score (nSPS) is 10.7. The second-order valence-electron chi connectivity index (χ2n) is 3.78. The Labute approximate surface area is 104 Å². The van der Waals surface area contributed by atoms with Crippen molar-refractivity contribution in [2.45, 2.75) is 0 Å². The first-order valence-electron chi connectivity index (χ1n) is 5.37. The molecule has 0 spiro atoms. The van der Waals surface area contributed by atoms with E-state index < -0.39 is 4.92 Å². The van der Waals surface area contributed by atoms with Crippen molar-refractivity contribution in [2.75, 3.05) is 0 Å². The summed E-state index contributed by atoms with van der Waals surface area (Å²) in [6.45, 7) is 0. The maximum atomic E-state index is 10.6. The molecule has 0 aliphatic carbocycles. The van der Waals surface area contributed by atoms with E-state index in [1.54, 1.807) is 42.5 Å². The second-order valence-corrected chi connectivity index (χ2v) is 3.78. The van der Waals surface area contributed by atoms with Crippen molar-refractivity contribution in [1.29, 1.82) is 0 Å². The van der Waals surface area contributed by atoms with Crippen LogP contribution in [0.1, 0.15) is 11.1 Å². The lowest BCUT2D eigenvalue weighted by molar-refractivity contribution is -0.384. The van der Waals surface area contributed by atoms with Gasteiger partial charge in [-0.05, 0) is 23.3 Å². The van der Waals surface area contributed by atoms with Crippen molar-refractivity contribution in [3.63, 3.8) is 0 Å². The van der Waals surface area contributed by atoms with E-state index in [-0.39, 0.29) is 11.4 Å². The molecule has 2 rings (SSSR count). The fourth-order valence-corrected chi connectivity index (χ4v) is 1.52. The fourth-order valence-electron chi connectivity index (χ4n) is 1.52. The molecule has 90 valence electrons. The Bertz CT molecular complexity index is 588. The predicted octanol–water partition coefficient (Wildman–Crippen LogP) is 3.47. The van der Waals surface area contributed by atoms with E-state index in [1.165, 1.54) is 12.1 Å². The minimum Gasteiger partial charge on any atom is -0.508 e. The Morgan fingerprint density at radius 2 is 1.67 bits per heavy atom. The molecule has 18 heavy (non-hydrogen) atoms. The number of rotatable bonds is 3. The largest absolute Gasteiger partial charge is 0.508 e. The molecule has 0 fully saturated rings. The van der Waals surface area contributed by atoms with Crippen LogP contribution in [-0.2, 0) is 0 Å². The number of nitro benzene ring substituents is 1. The molecule has 0 unspecified atom stereocenters. The van der Waals surface area contributed by atoms with E-state index in [4.69, 9.17) is 5.11 Å². The van der Waals surface area contributed by atoms with E-state index >= 15 is 0 Å². The summed E-state index contributed by atoms with van der Waals surface area (Å²) < 4.78 is 0. The van der Waals surface area contributed by atoms with Crippen molar-refractivity contribution in [3.8, 4) is 5.75 Å². The van der Waals surface area contributed by atoms with Crippen LogP contribution in [0, 0.1) is 10.1 Å². The lowest BCUT2D eigenvalue weighted by atomic mass is 10.1. The number of nitrogens with zero attached hydrogens (tertiary/aromatic N) is 1. The van der Waals surface area contributed by atoms with E-state index in [2.05, 4.69) is 0 Å². The molecule has 1 N–H and O–H groups in total. The minimum atomic E-state index is -0.419. The number of non-ortho nitro benzene ring substituents is 1. The highest BCUT2D eigenvalue weighted by Crippen LogP contribution is 2.16. The summed E-state index contributed by atoms with van der Waals surface area (Å²) in [5.41, 5.74) is 1.75. The van der Waals surface area contributed by atoms with E-state index in [0.717, 1.165) is 11.1 Å². The summed E-state index contributed by atoms with van der Waals surface area (Å²) in [4.78, 5) is 10.2. The van der Waals surface area contributed by atoms with Crippen LogP contribution in [0.3, 0.4) is 0 Å². The van der Waals surface area contributed by atoms with Gasteiger partial charge in [0.15, 0.2) is 0 Å². The summed E-state index contributed by atoms with van der Waals surface area (Å²) in [6.07, 6.45) is 3.62. The summed E-state index contributed by atoms with van der Waals surface area (Å²) in [7, 11) is 0. The van der Waals surface area contributed by atoms with Crippen molar-refractivity contribution < 1.29 is 10.0 Å². The van der Waals surface area contributed by atoms with Gasteiger partial charge in [-0.2, -0.15) is 0 Å². The number of phenols is 1. The zero-order valence-corrected chi connectivity index (χ0v) is 9.48. The predicted molar refractivity (Wildman–Crippen MR) is 70.1 cm³/mol. The Hall–Kier alpha value is -2.62. The zero-order valence-electron chi connectivity index (χ0n) is 9.48. The third-order valence-electron chi connectivity index (χ3n) is 2.44. The summed E-state index contributed by atoms with van der Waals surface area (Å²) >= 11 is 0. The van der Waals surface area contributed by atoms with Crippen molar-refractivity contribution in [1.82, 2.24) is 0 Å². The SMILES string of the molecule is O=[N+]([O-])c1cccc(C=Cc2ccc(O)cc2)c1. The molecule has 2 aromatic rings. The number of hydrogen-bond acceptors (Lipinski definition) is 3. The van der Waals surface area contributed by atoms with Gasteiger partial charge in [-0.3, -0.25) is 10.1 Å². The van der Waals surface area contributed by atoms with Crippen molar-refractivity contribution >= 4 is 17.8 Å². The Balaban J connectivity index is 2.20. The van der Waals surface area contributed by atoms with Gasteiger partial charge < -0.3 is 5.11 Å². The molecule has 0 bridgehead atoms. The Morgan fingerprint density at radius 1 is 1.00 bits per heavy atom. The van der Waals surface area contributed by atoms with Crippen LogP contribution in [0.5, 0.6) is 5.75 Å². The average Bonchev–Trinajstić information content (AvgIpc) is 2.38. The van der Waals surface area contributed by atoms with Gasteiger partial charge >= 0.3 is 0 Å². The molecule has 0 aromatic heterocycles. The summed E-state index contributed by atoms with van der Waals surface area (Å²) in [5.74, 6) is 0.211. The lowest BCUT2D eigenvalue weighted by Crippen LogP contribution is -1.87. The van der Waals surface area contributed by atoms with Gasteiger partial charge in [0.1, 0.15) is 5.75 Å². The van der Waals surface area contributed by atoms with Crippen LogP contribution in [0.2, 0.25) is 0 Å². The quantitative estimate of drug-likeness (QED) is 0.508. The van der Waals surface area contributed by atoms with Crippen LogP contribution >= 0.6 is 0 Å². The molecule has 0 radical (unpaired) electrons. The summed E-state index contributed by atoms with van der Waals surface area (Å²) in [6, 6.07) is 13.1. The number of benzene rings is 2. The highest BCUT2D eigenvalue weighted by molar-refractivity contribution is 5.70. The Morgan fingerprint density at radius 3 is 2.33 bits per heavy atom. The second kappa shape index (κ2) is 5.14. The van der Waals surface area contributed by atoms with Gasteiger partial charge in [0.2, 0.25) is 0 Å². The monoisotopic (exact) mass is 241 g/mol. The Kier molecular flexibility index (Phi) is 3.38. The molecule has 0 saturated carbocycles. The van der Waals surface area contributed by atoms with E-state index in [0.29, 0.717) is 0 Å². The van der Waals surface area contributed by atoms with Gasteiger partial charge in [-0.25, -0.2) is 0 Å². The van der Waals surface area contributed by atoms with Crippen LogP contribution in [0.4, 0.5) is 5.69 Å². The highest BCUT2D eigenvalue weighted by Gasteiger charge is 2.03. The molecular weight excluding hydrogens is 230 g/mol. The molecule has 0 atom stereocenters. The first kappa shape index (κ1) is 11.9. The first-order valence-corrected chi connectivity index (χ1v) is 5.37. The van der Waals surface area contributed by atoms with Gasteiger partial charge in [0.25, 0.3) is 5.69 Å². The van der Waals surface area contributed by atoms with E-state index in [9.17, 15) is 10.1 Å². The standard InChI is InChI=1S/C14H11NO3/c16-14-8-6-11(7-9-14)4-5-12-2-1-3-13(10-12)15(17)18/h1-10,16H. The fraction of sp³-hybridized carbons (Fsp3) is 0. The molecule has 0 heterocycles. The van der Waals surface area contributed by atoms with Crippen LogP contribution in [0.15, 0.2) is 48.5 Å². The number of hydrogen-bond donors (Lipinski definition) is 1. The topological polar surface area (TPSA) is 63.4 Å². The molecule has 0 amide bonds. The molecular formula is C14H11NO3.